The molecule has 5 nitrogen and oxygen atoms in total. The third-order valence-corrected chi connectivity index (χ3v) is 9.22. The van der Waals surface area contributed by atoms with Crippen LogP contribution < -0.4 is 0 Å². The summed E-state index contributed by atoms with van der Waals surface area (Å²) < 4.78 is 6.20. The molecule has 0 aromatic heterocycles. The van der Waals surface area contributed by atoms with Crippen LogP contribution in [0, 0.1) is 11.8 Å². The quantitative estimate of drug-likeness (QED) is 0.600. The third kappa shape index (κ3) is 3.68. The van der Waals surface area contributed by atoms with E-state index in [4.69, 9.17) is 9.53 Å². The second kappa shape index (κ2) is 5.95. The molecule has 0 radical (unpaired) electrons. The van der Waals surface area contributed by atoms with Gasteiger partial charge in [0.2, 0.25) is 0 Å². The first-order valence-corrected chi connectivity index (χ1v) is 9.93. The fourth-order valence-corrected chi connectivity index (χ4v) is 3.81. The fraction of sp³-hybridized carbons (Fsp3) is 0.857. The highest BCUT2D eigenvalue weighted by Gasteiger charge is 2.48. The summed E-state index contributed by atoms with van der Waals surface area (Å²) in [6.45, 7) is 10.5. The minimum atomic E-state index is -2.04. The number of hydrogen-bond donors (Lipinski definition) is 2. The second-order valence-corrected chi connectivity index (χ2v) is 12.0. The zero-order chi connectivity index (χ0) is 15.7. The van der Waals surface area contributed by atoms with Gasteiger partial charge in [-0.15, -0.1) is 0 Å². The summed E-state index contributed by atoms with van der Waals surface area (Å²) in [5.74, 6) is -2.07. The smallest absolute Gasteiger partial charge is 0.303 e. The van der Waals surface area contributed by atoms with Crippen molar-refractivity contribution in [2.24, 2.45) is 11.8 Å². The van der Waals surface area contributed by atoms with Crippen molar-refractivity contribution in [1.29, 1.82) is 0 Å². The first-order valence-electron chi connectivity index (χ1n) is 7.02. The number of carbonyl (C=O) groups is 2. The molecule has 116 valence electrons. The molecule has 0 spiro atoms. The Bertz CT molecular complexity index is 374. The van der Waals surface area contributed by atoms with Gasteiger partial charge in [-0.3, -0.25) is 4.79 Å². The van der Waals surface area contributed by atoms with Gasteiger partial charge < -0.3 is 19.4 Å². The fourth-order valence-electron chi connectivity index (χ4n) is 2.45. The number of rotatable bonds is 5. The van der Waals surface area contributed by atoms with Gasteiger partial charge >= 0.3 is 5.97 Å². The van der Waals surface area contributed by atoms with E-state index in [2.05, 4.69) is 33.9 Å². The molecule has 0 saturated heterocycles. The number of aliphatic hydroxyl groups excluding tert-OH is 1. The second-order valence-electron chi connectivity index (χ2n) is 7.19. The van der Waals surface area contributed by atoms with Gasteiger partial charge in [0, 0.05) is 11.8 Å². The van der Waals surface area contributed by atoms with Crippen molar-refractivity contribution in [1.82, 2.24) is 0 Å². The number of carboxylic acid groups (broad SMARTS) is 1. The van der Waals surface area contributed by atoms with Crippen molar-refractivity contribution in [3.8, 4) is 0 Å². The molecule has 0 heterocycles. The summed E-state index contributed by atoms with van der Waals surface area (Å²) in [4.78, 5) is 22.2. The van der Waals surface area contributed by atoms with Crippen LogP contribution in [0.5, 0.6) is 0 Å². The highest BCUT2D eigenvalue weighted by Crippen LogP contribution is 2.42. The van der Waals surface area contributed by atoms with E-state index in [9.17, 15) is 14.7 Å². The van der Waals surface area contributed by atoms with Gasteiger partial charge in [-0.05, 0) is 24.6 Å². The largest absolute Gasteiger partial charge is 0.481 e. The Balaban J connectivity index is 2.87. The van der Waals surface area contributed by atoms with Crippen molar-refractivity contribution in [3.05, 3.63) is 0 Å². The van der Waals surface area contributed by atoms with Crippen LogP contribution in [-0.4, -0.2) is 43.0 Å². The van der Waals surface area contributed by atoms with Crippen molar-refractivity contribution >= 4 is 20.6 Å². The van der Waals surface area contributed by atoms with Crippen LogP contribution in [0.3, 0.4) is 0 Å². The average molecular weight is 302 g/mol. The Labute approximate surface area is 121 Å². The van der Waals surface area contributed by atoms with Gasteiger partial charge in [-0.1, -0.05) is 20.8 Å². The van der Waals surface area contributed by atoms with Gasteiger partial charge in [0.05, 0.1) is 18.6 Å². The molecule has 1 aliphatic carbocycles. The maximum absolute atomic E-state index is 11.3. The molecule has 1 aliphatic rings. The predicted molar refractivity (Wildman–Crippen MR) is 78.0 cm³/mol. The van der Waals surface area contributed by atoms with Crippen molar-refractivity contribution in [2.45, 2.75) is 64.0 Å². The van der Waals surface area contributed by atoms with Crippen LogP contribution in [0.4, 0.5) is 0 Å². The predicted octanol–water partition coefficient (Wildman–Crippen LogP) is 2.05. The Morgan fingerprint density at radius 3 is 2.35 bits per heavy atom. The molecule has 20 heavy (non-hydrogen) atoms. The number of aliphatic hydroxyl groups is 1. The maximum Gasteiger partial charge on any atom is 0.303 e. The van der Waals surface area contributed by atoms with Crippen LogP contribution >= 0.6 is 0 Å². The maximum atomic E-state index is 11.3. The lowest BCUT2D eigenvalue weighted by molar-refractivity contribution is -0.139. The summed E-state index contributed by atoms with van der Waals surface area (Å²) in [6, 6.07) is 0. The van der Waals surface area contributed by atoms with E-state index in [1.165, 1.54) is 0 Å². The number of carboxylic acids is 1. The molecule has 0 aromatic rings. The SMILES string of the molecule is CC(C)(C)[Si](C)(C)O[C@H]1C[C@@H](O)[C@@H](CC(=O)O)[C@@H]1C=O. The van der Waals surface area contributed by atoms with Gasteiger partial charge in [-0.25, -0.2) is 0 Å². The Hall–Kier alpha value is -0.723. The van der Waals surface area contributed by atoms with Gasteiger partial charge in [0.15, 0.2) is 8.32 Å². The van der Waals surface area contributed by atoms with Crippen LogP contribution in [0.2, 0.25) is 18.1 Å². The lowest BCUT2D eigenvalue weighted by Gasteiger charge is -2.39. The van der Waals surface area contributed by atoms with Crippen LogP contribution in [-0.2, 0) is 14.0 Å². The zero-order valence-corrected chi connectivity index (χ0v) is 13.9. The summed E-state index contributed by atoms with van der Waals surface area (Å²) in [5.41, 5.74) is 0. The number of carbonyl (C=O) groups excluding carboxylic acids is 1. The van der Waals surface area contributed by atoms with Crippen molar-refractivity contribution in [2.75, 3.05) is 0 Å². The summed E-state index contributed by atoms with van der Waals surface area (Å²) >= 11 is 0. The molecule has 4 atom stereocenters. The molecular weight excluding hydrogens is 276 g/mol. The van der Waals surface area contributed by atoms with E-state index in [-0.39, 0.29) is 17.6 Å². The van der Waals surface area contributed by atoms with E-state index in [0.29, 0.717) is 6.42 Å². The Morgan fingerprint density at radius 2 is 1.95 bits per heavy atom. The summed E-state index contributed by atoms with van der Waals surface area (Å²) in [7, 11) is -2.04. The lowest BCUT2D eigenvalue weighted by atomic mass is 9.92. The lowest BCUT2D eigenvalue weighted by Crippen LogP contribution is -2.45. The van der Waals surface area contributed by atoms with E-state index in [1.807, 2.05) is 0 Å². The summed E-state index contributed by atoms with van der Waals surface area (Å²) in [6.07, 6.45) is -0.249. The third-order valence-electron chi connectivity index (χ3n) is 4.71. The van der Waals surface area contributed by atoms with Crippen molar-refractivity contribution < 1.29 is 24.2 Å². The minimum Gasteiger partial charge on any atom is -0.481 e. The van der Waals surface area contributed by atoms with Gasteiger partial charge in [0.25, 0.3) is 0 Å². The van der Waals surface area contributed by atoms with E-state index in [0.717, 1.165) is 6.29 Å². The normalized spacial score (nSPS) is 31.3. The Morgan fingerprint density at radius 1 is 1.40 bits per heavy atom. The monoisotopic (exact) mass is 302 g/mol. The molecule has 0 unspecified atom stereocenters. The average Bonchev–Trinajstić information content (AvgIpc) is 2.51. The van der Waals surface area contributed by atoms with Crippen LogP contribution in [0.15, 0.2) is 0 Å². The standard InChI is InChI=1S/C14H26O5Si/c1-14(2,3)20(4,5)19-12-7-11(16)9(6-13(17)18)10(12)8-15/h8-12,16H,6-7H2,1-5H3,(H,17,18)/t9-,10-,11+,12-/m0/s1. The van der Waals surface area contributed by atoms with Crippen LogP contribution in [0.25, 0.3) is 0 Å². The molecule has 1 saturated carbocycles. The van der Waals surface area contributed by atoms with E-state index < -0.39 is 32.2 Å². The zero-order valence-electron chi connectivity index (χ0n) is 12.9. The first kappa shape index (κ1) is 17.3. The minimum absolute atomic E-state index is 0.0102. The van der Waals surface area contributed by atoms with E-state index >= 15 is 0 Å². The molecule has 0 aliphatic heterocycles. The Kier molecular flexibility index (Phi) is 5.16. The number of aliphatic carboxylic acids is 1. The number of hydrogen-bond acceptors (Lipinski definition) is 4. The molecule has 0 bridgehead atoms. The van der Waals surface area contributed by atoms with Gasteiger partial charge in [-0.2, -0.15) is 0 Å². The van der Waals surface area contributed by atoms with E-state index in [1.54, 1.807) is 0 Å². The molecule has 1 rings (SSSR count). The molecule has 6 heteroatoms. The highest BCUT2D eigenvalue weighted by molar-refractivity contribution is 6.74. The molecular formula is C14H26O5Si. The molecule has 1 fully saturated rings. The van der Waals surface area contributed by atoms with Crippen LogP contribution in [0.1, 0.15) is 33.6 Å². The topological polar surface area (TPSA) is 83.8 Å². The number of aldehydes is 1. The van der Waals surface area contributed by atoms with Crippen molar-refractivity contribution in [3.63, 3.8) is 0 Å². The molecule has 2 N–H and O–H groups in total. The highest BCUT2D eigenvalue weighted by atomic mass is 28.4. The molecule has 0 amide bonds. The summed E-state index contributed by atoms with van der Waals surface area (Å²) in [5, 5.41) is 18.9. The van der Waals surface area contributed by atoms with Gasteiger partial charge in [0.1, 0.15) is 6.29 Å². The first-order chi connectivity index (χ1) is 8.99. The molecule has 0 aromatic carbocycles.